The summed E-state index contributed by atoms with van der Waals surface area (Å²) in [4.78, 5) is 21.1. The van der Waals surface area contributed by atoms with Crippen LogP contribution in [0.3, 0.4) is 0 Å². The van der Waals surface area contributed by atoms with Gasteiger partial charge in [-0.25, -0.2) is 9.98 Å². The van der Waals surface area contributed by atoms with Crippen molar-refractivity contribution >= 4 is 64.0 Å². The smallest absolute Gasteiger partial charge is 0.161 e. The minimum atomic E-state index is 0.506. The molecule has 0 amide bonds. The minimum absolute atomic E-state index is 0.506. The molecule has 2 heterocycles. The van der Waals surface area contributed by atoms with Crippen molar-refractivity contribution in [3.8, 4) is 16.8 Å². The summed E-state index contributed by atoms with van der Waals surface area (Å²) in [5, 5.41) is 2.39. The molecule has 0 fully saturated rings. The number of aliphatic imine (C=N–C) groups is 4. The lowest BCUT2D eigenvalue weighted by atomic mass is 9.91. The number of amidine groups is 2. The lowest BCUT2D eigenvalue weighted by Gasteiger charge is -2.34. The van der Waals surface area contributed by atoms with Gasteiger partial charge >= 0.3 is 0 Å². The third-order valence-corrected chi connectivity index (χ3v) is 10.1. The Kier molecular flexibility index (Phi) is 8.54. The molecule has 258 valence electrons. The molecule has 6 heteroatoms. The molecular weight excluding hydrogens is 661 g/mol. The van der Waals surface area contributed by atoms with E-state index < -0.39 is 0 Å². The maximum absolute atomic E-state index is 4.99. The van der Waals surface area contributed by atoms with Gasteiger partial charge in [-0.15, -0.1) is 0 Å². The van der Waals surface area contributed by atoms with Crippen molar-refractivity contribution in [1.29, 1.82) is 0 Å². The van der Waals surface area contributed by atoms with Gasteiger partial charge in [0.25, 0.3) is 0 Å². The van der Waals surface area contributed by atoms with Crippen LogP contribution >= 0.6 is 0 Å². The Morgan fingerprint density at radius 3 is 2.06 bits per heavy atom. The van der Waals surface area contributed by atoms with E-state index in [9.17, 15) is 0 Å². The first-order chi connectivity index (χ1) is 26.7. The van der Waals surface area contributed by atoms with Crippen LogP contribution in [0.4, 0.5) is 17.1 Å². The van der Waals surface area contributed by atoms with E-state index in [-0.39, 0.29) is 0 Å². The second kappa shape index (κ2) is 14.1. The number of hydrogen-bond acceptors (Lipinski definition) is 3. The summed E-state index contributed by atoms with van der Waals surface area (Å²) in [6, 6.07) is 58.8. The Bertz CT molecular complexity index is 2740. The molecule has 0 saturated carbocycles. The van der Waals surface area contributed by atoms with Crippen molar-refractivity contribution in [3.05, 3.63) is 192 Å². The first-order valence-corrected chi connectivity index (χ1v) is 18.0. The highest BCUT2D eigenvalue weighted by Crippen LogP contribution is 2.50. The van der Waals surface area contributed by atoms with Gasteiger partial charge in [0.1, 0.15) is 0 Å². The number of hydrogen-bond donors (Lipinski definition) is 0. The summed E-state index contributed by atoms with van der Waals surface area (Å²) in [7, 11) is 0. The zero-order chi connectivity index (χ0) is 36.4. The zero-order valence-corrected chi connectivity index (χ0v) is 29.7. The summed E-state index contributed by atoms with van der Waals surface area (Å²) in [5.41, 5.74) is 12.9. The number of anilines is 2. The zero-order valence-electron chi connectivity index (χ0n) is 29.7. The van der Waals surface area contributed by atoms with Crippen molar-refractivity contribution in [2.75, 3.05) is 4.90 Å². The quantitative estimate of drug-likeness (QED) is 0.121. The number of aromatic nitrogens is 1. The van der Waals surface area contributed by atoms with Gasteiger partial charge in [-0.05, 0) is 78.7 Å². The lowest BCUT2D eigenvalue weighted by molar-refractivity contribution is 0.961. The fraction of sp³-hybridized carbons (Fsp3) is 0.0417. The fourth-order valence-corrected chi connectivity index (χ4v) is 7.58. The van der Waals surface area contributed by atoms with E-state index in [1.807, 2.05) is 60.7 Å². The second-order valence-corrected chi connectivity index (χ2v) is 13.2. The molecule has 0 N–H and O–H groups in total. The molecule has 0 radical (unpaired) electrons. The predicted octanol–water partition coefficient (Wildman–Crippen LogP) is 11.5. The van der Waals surface area contributed by atoms with Crippen molar-refractivity contribution in [2.24, 2.45) is 20.0 Å². The molecule has 0 bridgehead atoms. The first-order valence-electron chi connectivity index (χ1n) is 18.0. The van der Waals surface area contributed by atoms with Gasteiger partial charge < -0.3 is 9.47 Å². The highest BCUT2D eigenvalue weighted by molar-refractivity contribution is 6.17. The van der Waals surface area contributed by atoms with E-state index in [2.05, 4.69) is 142 Å². The van der Waals surface area contributed by atoms with Crippen molar-refractivity contribution < 1.29 is 0 Å². The molecule has 0 aliphatic carbocycles. The van der Waals surface area contributed by atoms with E-state index in [0.717, 1.165) is 57.0 Å². The fourth-order valence-electron chi connectivity index (χ4n) is 7.58. The summed E-state index contributed by atoms with van der Waals surface area (Å²) in [6.45, 7) is 9.04. The summed E-state index contributed by atoms with van der Waals surface area (Å²) in [5.74, 6) is 1.12. The monoisotopic (exact) mass is 696 g/mol. The van der Waals surface area contributed by atoms with Gasteiger partial charge in [0.05, 0.1) is 34.6 Å². The molecule has 0 unspecified atom stereocenters. The average Bonchev–Trinajstić information content (AvgIpc) is 3.59. The Morgan fingerprint density at radius 2 is 1.26 bits per heavy atom. The van der Waals surface area contributed by atoms with Crippen molar-refractivity contribution in [2.45, 2.75) is 13.1 Å². The third-order valence-electron chi connectivity index (χ3n) is 10.1. The molecule has 1 aliphatic heterocycles. The van der Waals surface area contributed by atoms with Crippen LogP contribution in [0.25, 0.3) is 38.6 Å². The summed E-state index contributed by atoms with van der Waals surface area (Å²) in [6.07, 6.45) is 0. The SMILES string of the molecule is C=NC(=NC(=NCc1ccccc1)c1ccccc1)c1ccc(-n2c3ccccc3c3ccc4c(c32)-c2ccccc2CN4c2ccccc2N=C)cc1. The standard InChI is InChI=1S/C48H36N6/c1-49-41-22-12-14-24-43(41)53-32-36-19-9-10-20-38(36)45-44(53)30-29-40-39-21-11-13-23-42(39)54(46(40)45)37-27-25-35(26-28-37)47(50-2)52-48(34-17-7-4-8-18-34)51-31-33-15-5-3-6-16-33/h3-30H,1-2,31-32H2. The molecule has 7 aromatic carbocycles. The van der Waals surface area contributed by atoms with Gasteiger partial charge in [0.2, 0.25) is 0 Å². The molecule has 1 aliphatic rings. The summed E-state index contributed by atoms with van der Waals surface area (Å²) < 4.78 is 2.39. The van der Waals surface area contributed by atoms with Crippen LogP contribution in [0.5, 0.6) is 0 Å². The van der Waals surface area contributed by atoms with Gasteiger partial charge in [-0.1, -0.05) is 121 Å². The van der Waals surface area contributed by atoms with Crippen LogP contribution in [0.1, 0.15) is 22.3 Å². The third kappa shape index (κ3) is 5.80. The lowest BCUT2D eigenvalue weighted by Crippen LogP contribution is -2.22. The van der Waals surface area contributed by atoms with E-state index >= 15 is 0 Å². The van der Waals surface area contributed by atoms with Crippen LogP contribution < -0.4 is 4.90 Å². The van der Waals surface area contributed by atoms with E-state index in [1.54, 1.807) is 0 Å². The summed E-state index contributed by atoms with van der Waals surface area (Å²) >= 11 is 0. The van der Waals surface area contributed by atoms with Crippen LogP contribution in [0, 0.1) is 0 Å². The number of nitrogens with zero attached hydrogens (tertiary/aromatic N) is 6. The maximum atomic E-state index is 4.99. The molecule has 8 aromatic rings. The maximum Gasteiger partial charge on any atom is 0.161 e. The number of benzene rings is 7. The highest BCUT2D eigenvalue weighted by Gasteiger charge is 2.29. The number of para-hydroxylation sites is 3. The first kappa shape index (κ1) is 32.7. The van der Waals surface area contributed by atoms with Crippen LogP contribution in [-0.4, -0.2) is 29.7 Å². The van der Waals surface area contributed by atoms with E-state index in [4.69, 9.17) is 9.98 Å². The van der Waals surface area contributed by atoms with Gasteiger partial charge in [-0.2, -0.15) is 0 Å². The molecule has 54 heavy (non-hydrogen) atoms. The molecule has 6 nitrogen and oxygen atoms in total. The van der Waals surface area contributed by atoms with Gasteiger partial charge in [0.15, 0.2) is 11.7 Å². The Morgan fingerprint density at radius 1 is 0.574 bits per heavy atom. The topological polar surface area (TPSA) is 57.6 Å². The van der Waals surface area contributed by atoms with Crippen LogP contribution in [0.2, 0.25) is 0 Å². The molecular formula is C48H36N6. The molecule has 9 rings (SSSR count). The van der Waals surface area contributed by atoms with Crippen molar-refractivity contribution in [3.63, 3.8) is 0 Å². The second-order valence-electron chi connectivity index (χ2n) is 13.2. The Balaban J connectivity index is 1.20. The van der Waals surface area contributed by atoms with E-state index in [0.29, 0.717) is 18.2 Å². The largest absolute Gasteiger partial charge is 0.335 e. The highest BCUT2D eigenvalue weighted by atomic mass is 15.2. The van der Waals surface area contributed by atoms with Crippen LogP contribution in [-0.2, 0) is 13.1 Å². The van der Waals surface area contributed by atoms with Crippen LogP contribution in [0.15, 0.2) is 190 Å². The average molecular weight is 697 g/mol. The van der Waals surface area contributed by atoms with Crippen molar-refractivity contribution in [1.82, 2.24) is 4.57 Å². The molecule has 0 spiro atoms. The van der Waals surface area contributed by atoms with E-state index in [1.165, 1.54) is 27.5 Å². The Labute approximate surface area is 314 Å². The normalized spacial score (nSPS) is 12.8. The Hall–Kier alpha value is -7.18. The molecule has 1 aromatic heterocycles. The molecule has 0 atom stereocenters. The van der Waals surface area contributed by atoms with Gasteiger partial charge in [0, 0.05) is 39.7 Å². The number of rotatable bonds is 7. The van der Waals surface area contributed by atoms with Gasteiger partial charge in [-0.3, -0.25) is 9.98 Å². The minimum Gasteiger partial charge on any atom is -0.335 e. The molecule has 0 saturated heterocycles. The number of fused-ring (bicyclic) bond motifs is 7. The predicted molar refractivity (Wildman–Crippen MR) is 227 cm³/mol.